The summed E-state index contributed by atoms with van der Waals surface area (Å²) in [6.45, 7) is 0. The molecule has 4 aromatic rings. The first kappa shape index (κ1) is 11.9. The normalized spacial score (nSPS) is 11.1. The maximum absolute atomic E-state index is 5.25. The number of fused-ring (bicyclic) bond motifs is 2. The van der Waals surface area contributed by atoms with Gasteiger partial charge in [0.15, 0.2) is 0 Å². The van der Waals surface area contributed by atoms with E-state index in [1.807, 2.05) is 18.2 Å². The lowest BCUT2D eigenvalue weighted by Gasteiger charge is -2.04. The second kappa shape index (κ2) is 4.59. The quantitative estimate of drug-likeness (QED) is 0.605. The van der Waals surface area contributed by atoms with E-state index in [2.05, 4.69) is 39.2 Å². The van der Waals surface area contributed by atoms with Gasteiger partial charge < -0.3 is 9.72 Å². The van der Waals surface area contributed by atoms with Crippen LogP contribution in [-0.2, 0) is 0 Å². The van der Waals surface area contributed by atoms with Crippen LogP contribution in [0.25, 0.3) is 33.2 Å². The molecule has 0 aliphatic heterocycles. The molecule has 102 valence electrons. The molecule has 0 atom stereocenters. The van der Waals surface area contributed by atoms with Gasteiger partial charge in [-0.15, -0.1) is 0 Å². The number of pyridine rings is 1. The van der Waals surface area contributed by atoms with Crippen LogP contribution in [0, 0.1) is 0 Å². The molecule has 1 N–H and O–H groups in total. The van der Waals surface area contributed by atoms with Crippen LogP contribution in [-0.4, -0.2) is 22.1 Å². The van der Waals surface area contributed by atoms with Crippen molar-refractivity contribution in [1.29, 1.82) is 0 Å². The average Bonchev–Trinajstić information content (AvgIpc) is 2.98. The lowest BCUT2D eigenvalue weighted by atomic mass is 10.1. The molecule has 0 unspecified atom stereocenters. The van der Waals surface area contributed by atoms with Crippen molar-refractivity contribution in [3.05, 3.63) is 54.9 Å². The van der Waals surface area contributed by atoms with Crippen molar-refractivity contribution in [3.8, 4) is 17.1 Å². The summed E-state index contributed by atoms with van der Waals surface area (Å²) in [7, 11) is 1.68. The Morgan fingerprint density at radius 2 is 1.86 bits per heavy atom. The minimum absolute atomic E-state index is 0.857. The first-order chi connectivity index (χ1) is 10.3. The van der Waals surface area contributed by atoms with E-state index >= 15 is 0 Å². The van der Waals surface area contributed by atoms with Crippen molar-refractivity contribution in [3.63, 3.8) is 0 Å². The van der Waals surface area contributed by atoms with Gasteiger partial charge >= 0.3 is 0 Å². The summed E-state index contributed by atoms with van der Waals surface area (Å²) in [5.41, 5.74) is 2.93. The molecule has 21 heavy (non-hydrogen) atoms. The zero-order chi connectivity index (χ0) is 14.2. The van der Waals surface area contributed by atoms with Crippen LogP contribution >= 0.6 is 0 Å². The Morgan fingerprint density at radius 3 is 2.71 bits per heavy atom. The first-order valence-corrected chi connectivity index (χ1v) is 6.71. The van der Waals surface area contributed by atoms with Crippen molar-refractivity contribution < 1.29 is 4.74 Å². The summed E-state index contributed by atoms with van der Waals surface area (Å²) in [4.78, 5) is 12.0. The molecule has 4 rings (SSSR count). The van der Waals surface area contributed by atoms with E-state index in [9.17, 15) is 0 Å². The Bertz CT molecular complexity index is 910. The molecule has 0 aliphatic carbocycles. The standard InChI is InChI=1S/C17H13N3O/c1-21-14-5-4-11-8-13(3-2-12(11)9-14)17-19-15-6-7-18-10-16(15)20-17/h2-10H,1H3,(H,19,20). The van der Waals surface area contributed by atoms with Gasteiger partial charge in [-0.25, -0.2) is 4.98 Å². The molecule has 0 fully saturated rings. The predicted octanol–water partition coefficient (Wildman–Crippen LogP) is 3.79. The van der Waals surface area contributed by atoms with Crippen LogP contribution in [0.4, 0.5) is 0 Å². The predicted molar refractivity (Wildman–Crippen MR) is 83.4 cm³/mol. The van der Waals surface area contributed by atoms with E-state index < -0.39 is 0 Å². The van der Waals surface area contributed by atoms with Gasteiger partial charge in [0.1, 0.15) is 17.1 Å². The number of imidazole rings is 1. The summed E-state index contributed by atoms with van der Waals surface area (Å²) in [5, 5.41) is 2.31. The van der Waals surface area contributed by atoms with Gasteiger partial charge in [-0.2, -0.15) is 0 Å². The van der Waals surface area contributed by atoms with Gasteiger partial charge in [-0.3, -0.25) is 4.98 Å². The fraction of sp³-hybridized carbons (Fsp3) is 0.0588. The van der Waals surface area contributed by atoms with Crippen LogP contribution in [0.1, 0.15) is 0 Å². The number of hydrogen-bond acceptors (Lipinski definition) is 3. The van der Waals surface area contributed by atoms with Crippen LogP contribution in [0.15, 0.2) is 54.9 Å². The highest BCUT2D eigenvalue weighted by Crippen LogP contribution is 2.26. The van der Waals surface area contributed by atoms with E-state index in [4.69, 9.17) is 4.74 Å². The molecule has 4 heteroatoms. The molecule has 2 aromatic carbocycles. The first-order valence-electron chi connectivity index (χ1n) is 6.71. The summed E-state index contributed by atoms with van der Waals surface area (Å²) < 4.78 is 5.25. The lowest BCUT2D eigenvalue weighted by molar-refractivity contribution is 0.415. The Labute approximate surface area is 121 Å². The zero-order valence-electron chi connectivity index (χ0n) is 11.5. The second-order valence-corrected chi connectivity index (χ2v) is 4.91. The second-order valence-electron chi connectivity index (χ2n) is 4.91. The van der Waals surface area contributed by atoms with E-state index in [-0.39, 0.29) is 0 Å². The number of rotatable bonds is 2. The smallest absolute Gasteiger partial charge is 0.138 e. The van der Waals surface area contributed by atoms with Gasteiger partial charge in [-0.05, 0) is 35.0 Å². The summed E-state index contributed by atoms with van der Waals surface area (Å²) in [6.07, 6.45) is 3.53. The third-order valence-corrected chi connectivity index (χ3v) is 3.61. The number of ether oxygens (including phenoxy) is 1. The maximum atomic E-state index is 5.25. The number of methoxy groups -OCH3 is 1. The highest BCUT2D eigenvalue weighted by Gasteiger charge is 2.06. The van der Waals surface area contributed by atoms with Crippen molar-refractivity contribution in [2.24, 2.45) is 0 Å². The molecule has 0 amide bonds. The molecule has 2 aromatic heterocycles. The average molecular weight is 275 g/mol. The van der Waals surface area contributed by atoms with Gasteiger partial charge in [0.05, 0.1) is 18.8 Å². The molecular formula is C17H13N3O. The number of nitrogens with zero attached hydrogens (tertiary/aromatic N) is 2. The Kier molecular flexibility index (Phi) is 2.60. The highest BCUT2D eigenvalue weighted by atomic mass is 16.5. The van der Waals surface area contributed by atoms with Crippen molar-refractivity contribution in [2.45, 2.75) is 0 Å². The molecule has 0 bridgehead atoms. The lowest BCUT2D eigenvalue weighted by Crippen LogP contribution is -1.84. The van der Waals surface area contributed by atoms with Gasteiger partial charge in [0, 0.05) is 11.8 Å². The van der Waals surface area contributed by atoms with Gasteiger partial charge in [-0.1, -0.05) is 18.2 Å². The molecule has 0 spiro atoms. The molecule has 0 saturated carbocycles. The highest BCUT2D eigenvalue weighted by molar-refractivity contribution is 5.88. The monoisotopic (exact) mass is 275 g/mol. The van der Waals surface area contributed by atoms with Gasteiger partial charge in [0.25, 0.3) is 0 Å². The molecule has 0 radical (unpaired) electrons. The SMILES string of the molecule is COc1ccc2cc(-c3nc4cnccc4[nH]3)ccc2c1. The number of nitrogens with one attached hydrogen (secondary N) is 1. The Morgan fingerprint density at radius 1 is 1.00 bits per heavy atom. The number of H-pyrrole nitrogens is 1. The summed E-state index contributed by atoms with van der Waals surface area (Å²) >= 11 is 0. The molecule has 0 saturated heterocycles. The van der Waals surface area contributed by atoms with Gasteiger partial charge in [0.2, 0.25) is 0 Å². The minimum atomic E-state index is 0.857. The molecule has 4 nitrogen and oxygen atoms in total. The third-order valence-electron chi connectivity index (χ3n) is 3.61. The zero-order valence-corrected chi connectivity index (χ0v) is 11.5. The Balaban J connectivity index is 1.86. The summed E-state index contributed by atoms with van der Waals surface area (Å²) in [5.74, 6) is 1.72. The van der Waals surface area contributed by atoms with E-state index in [1.54, 1.807) is 19.5 Å². The minimum Gasteiger partial charge on any atom is -0.497 e. The van der Waals surface area contributed by atoms with Crippen LogP contribution in [0.2, 0.25) is 0 Å². The van der Waals surface area contributed by atoms with Crippen LogP contribution < -0.4 is 4.74 Å². The van der Waals surface area contributed by atoms with Crippen LogP contribution in [0.3, 0.4) is 0 Å². The van der Waals surface area contributed by atoms with Crippen LogP contribution in [0.5, 0.6) is 5.75 Å². The Hall–Kier alpha value is -2.88. The van der Waals surface area contributed by atoms with Crippen molar-refractivity contribution >= 4 is 21.8 Å². The molecule has 2 heterocycles. The third kappa shape index (κ3) is 2.01. The molecule has 0 aliphatic rings. The molecular weight excluding hydrogens is 262 g/mol. The van der Waals surface area contributed by atoms with E-state index in [0.717, 1.165) is 38.9 Å². The van der Waals surface area contributed by atoms with Crippen molar-refractivity contribution in [2.75, 3.05) is 7.11 Å². The largest absolute Gasteiger partial charge is 0.497 e. The fourth-order valence-corrected chi connectivity index (χ4v) is 2.49. The number of aromatic nitrogens is 3. The number of benzene rings is 2. The number of hydrogen-bond donors (Lipinski definition) is 1. The number of aromatic amines is 1. The topological polar surface area (TPSA) is 50.8 Å². The fourth-order valence-electron chi connectivity index (χ4n) is 2.49. The summed E-state index contributed by atoms with van der Waals surface area (Å²) in [6, 6.07) is 14.3. The van der Waals surface area contributed by atoms with E-state index in [1.165, 1.54) is 0 Å². The maximum Gasteiger partial charge on any atom is 0.138 e. The van der Waals surface area contributed by atoms with Crippen molar-refractivity contribution in [1.82, 2.24) is 15.0 Å². The van der Waals surface area contributed by atoms with E-state index in [0.29, 0.717) is 0 Å².